The van der Waals surface area contributed by atoms with Crippen LogP contribution in [0.25, 0.3) is 11.8 Å². The van der Waals surface area contributed by atoms with Crippen molar-refractivity contribution in [1.29, 1.82) is 0 Å². The van der Waals surface area contributed by atoms with Gasteiger partial charge in [-0.05, 0) is 60.0 Å². The second-order valence-corrected chi connectivity index (χ2v) is 13.2. The average molecular weight is 672 g/mol. The predicted octanol–water partition coefficient (Wildman–Crippen LogP) is 5.34. The number of carbonyl (C=O) groups is 1. The number of hydrogen-bond donors (Lipinski definition) is 1. The molecule has 1 aliphatic carbocycles. The maximum absolute atomic E-state index is 15.4. The highest BCUT2D eigenvalue weighted by molar-refractivity contribution is 7.88. The van der Waals surface area contributed by atoms with Crippen LogP contribution in [0.2, 0.25) is 0 Å². The first-order chi connectivity index (χ1) is 22.3. The minimum Gasteiger partial charge on any atom is -0.454 e. The fraction of sp³-hybridized carbons (Fsp3) is 0.250. The number of fused-ring (bicyclic) bond motifs is 1. The number of carbonyl (C=O) groups excluding carboxylic acids is 1. The van der Waals surface area contributed by atoms with E-state index in [1.165, 1.54) is 40.8 Å². The van der Waals surface area contributed by atoms with Gasteiger partial charge in [0.05, 0.1) is 23.7 Å². The number of halogens is 4. The van der Waals surface area contributed by atoms with Crippen molar-refractivity contribution in [3.63, 3.8) is 0 Å². The normalized spacial score (nSPS) is 15.1. The summed E-state index contributed by atoms with van der Waals surface area (Å²) in [7, 11) is -3.40. The van der Waals surface area contributed by atoms with E-state index in [1.807, 2.05) is 0 Å². The number of benzene rings is 3. The van der Waals surface area contributed by atoms with Gasteiger partial charge in [0.1, 0.15) is 23.0 Å². The number of ether oxygens (including phenoxy) is 2. The summed E-state index contributed by atoms with van der Waals surface area (Å²) in [6.07, 6.45) is 4.04. The van der Waals surface area contributed by atoms with E-state index in [1.54, 1.807) is 30.0 Å². The van der Waals surface area contributed by atoms with Gasteiger partial charge in [-0.2, -0.15) is 18.2 Å². The first kappa shape index (κ1) is 32.1. The molecular formula is C32H29F4N5O5S. The number of nitrogens with zero attached hydrogens (tertiary/aromatic N) is 4. The number of aromatic nitrogens is 2. The number of ketones is 1. The maximum Gasteiger partial charge on any atom is 0.387 e. The molecule has 15 heteroatoms. The lowest BCUT2D eigenvalue weighted by molar-refractivity contribution is -0.0495. The van der Waals surface area contributed by atoms with Crippen molar-refractivity contribution in [2.24, 2.45) is 0 Å². The van der Waals surface area contributed by atoms with Gasteiger partial charge < -0.3 is 20.1 Å². The number of allylic oxidation sites excluding steroid dienone is 1. The summed E-state index contributed by atoms with van der Waals surface area (Å²) in [6.45, 7) is -0.652. The molecule has 246 valence electrons. The molecule has 10 nitrogen and oxygen atoms in total. The summed E-state index contributed by atoms with van der Waals surface area (Å²) < 4.78 is 92.8. The summed E-state index contributed by atoms with van der Waals surface area (Å²) in [6, 6.07) is 11.3. The van der Waals surface area contributed by atoms with Crippen LogP contribution in [-0.2, 0) is 16.4 Å². The van der Waals surface area contributed by atoms with Gasteiger partial charge in [0.15, 0.2) is 23.2 Å². The number of rotatable bonds is 9. The smallest absolute Gasteiger partial charge is 0.387 e. The molecule has 0 amide bonds. The Balaban J connectivity index is 1.24. The SMILES string of the molecule is Cc1cc(Oc2ccccc2F)cc(F)c1-n1ncc(C(=O)C2=Cc3cc(OC(F)F)c(N4CCN(S(C)(=O)=O)CC4)cc3C2)c1N. The molecule has 1 aromatic heterocycles. The lowest BCUT2D eigenvalue weighted by Gasteiger charge is -2.35. The molecule has 2 heterocycles. The monoisotopic (exact) mass is 671 g/mol. The van der Waals surface area contributed by atoms with Crippen LogP contribution in [-0.4, -0.2) is 67.3 Å². The summed E-state index contributed by atoms with van der Waals surface area (Å²) in [5, 5.41) is 4.17. The standard InChI is InChI=1S/C32H29F4N5O5S/c1-18-11-22(45-27-6-4-3-5-24(27)33)16-25(34)29(18)41-31(37)23(17-38-41)30(42)21-12-19-14-26(28(46-32(35)36)15-20(19)13-21)39-7-9-40(10-8-39)47(2,43)44/h3-6,11,13-17,32H,7-10,12,37H2,1-2H3. The molecule has 0 radical (unpaired) electrons. The summed E-state index contributed by atoms with van der Waals surface area (Å²) in [5.41, 5.74) is 8.50. The van der Waals surface area contributed by atoms with Gasteiger partial charge >= 0.3 is 6.61 Å². The van der Waals surface area contributed by atoms with E-state index in [9.17, 15) is 26.4 Å². The van der Waals surface area contributed by atoms with Crippen LogP contribution in [0.5, 0.6) is 17.2 Å². The highest BCUT2D eigenvalue weighted by Gasteiger charge is 2.30. The van der Waals surface area contributed by atoms with Crippen LogP contribution in [0.4, 0.5) is 29.1 Å². The van der Waals surface area contributed by atoms with Crippen molar-refractivity contribution < 1.29 is 40.2 Å². The minimum absolute atomic E-state index is 0.00992. The van der Waals surface area contributed by atoms with Crippen molar-refractivity contribution in [1.82, 2.24) is 14.1 Å². The summed E-state index contributed by atoms with van der Waals surface area (Å²) >= 11 is 0. The van der Waals surface area contributed by atoms with Crippen LogP contribution >= 0.6 is 0 Å². The third-order valence-corrected chi connectivity index (χ3v) is 9.35. The predicted molar refractivity (Wildman–Crippen MR) is 167 cm³/mol. The van der Waals surface area contributed by atoms with Crippen molar-refractivity contribution in [3.05, 3.63) is 94.2 Å². The molecule has 1 fully saturated rings. The van der Waals surface area contributed by atoms with E-state index in [-0.39, 0.29) is 66.9 Å². The lowest BCUT2D eigenvalue weighted by Crippen LogP contribution is -2.48. The Morgan fingerprint density at radius 1 is 1.00 bits per heavy atom. The zero-order valence-electron chi connectivity index (χ0n) is 25.2. The van der Waals surface area contributed by atoms with E-state index in [0.29, 0.717) is 28.0 Å². The van der Waals surface area contributed by atoms with Crippen molar-refractivity contribution >= 4 is 33.4 Å². The lowest BCUT2D eigenvalue weighted by atomic mass is 10.0. The molecule has 2 N–H and O–H groups in total. The Hall–Kier alpha value is -4.89. The molecule has 0 bridgehead atoms. The van der Waals surface area contributed by atoms with E-state index < -0.39 is 34.1 Å². The molecule has 0 unspecified atom stereocenters. The molecule has 0 saturated carbocycles. The van der Waals surface area contributed by atoms with E-state index in [0.717, 1.165) is 17.0 Å². The minimum atomic E-state index is -3.40. The fourth-order valence-corrected chi connectivity index (χ4v) is 6.60. The number of Topliss-reactive ketones (excluding diaryl/α,β-unsaturated/α-hetero) is 1. The first-order valence-corrected chi connectivity index (χ1v) is 16.3. The Bertz CT molecular complexity index is 2000. The largest absolute Gasteiger partial charge is 0.454 e. The molecule has 1 aliphatic heterocycles. The van der Waals surface area contributed by atoms with Gasteiger partial charge in [-0.15, -0.1) is 0 Å². The van der Waals surface area contributed by atoms with Gasteiger partial charge in [0, 0.05) is 44.2 Å². The molecule has 6 rings (SSSR count). The number of nitrogen functional groups attached to an aromatic ring is 1. The topological polar surface area (TPSA) is 120 Å². The Kier molecular flexibility index (Phi) is 8.44. The Morgan fingerprint density at radius 2 is 1.72 bits per heavy atom. The highest BCUT2D eigenvalue weighted by atomic mass is 32.2. The van der Waals surface area contributed by atoms with Crippen molar-refractivity contribution in [3.8, 4) is 22.9 Å². The number of sulfonamides is 1. The van der Waals surface area contributed by atoms with Crippen LogP contribution in [0.3, 0.4) is 0 Å². The van der Waals surface area contributed by atoms with Crippen LogP contribution in [0.1, 0.15) is 27.0 Å². The first-order valence-electron chi connectivity index (χ1n) is 14.4. The number of aryl methyl sites for hydroxylation is 1. The number of anilines is 2. The number of nitrogens with two attached hydrogens (primary N) is 1. The second kappa shape index (κ2) is 12.4. The van der Waals surface area contributed by atoms with Crippen LogP contribution < -0.4 is 20.1 Å². The molecule has 1 saturated heterocycles. The Morgan fingerprint density at radius 3 is 2.38 bits per heavy atom. The van der Waals surface area contributed by atoms with Gasteiger partial charge in [0.25, 0.3) is 0 Å². The van der Waals surface area contributed by atoms with E-state index >= 15 is 4.39 Å². The van der Waals surface area contributed by atoms with Gasteiger partial charge in [-0.1, -0.05) is 12.1 Å². The van der Waals surface area contributed by atoms with Gasteiger partial charge in [-0.3, -0.25) is 4.79 Å². The molecule has 2 aliphatic rings. The third kappa shape index (κ3) is 6.40. The summed E-state index contributed by atoms with van der Waals surface area (Å²) in [4.78, 5) is 15.4. The number of para-hydroxylation sites is 1. The number of hydrogen-bond acceptors (Lipinski definition) is 8. The van der Waals surface area contributed by atoms with Gasteiger partial charge in [0.2, 0.25) is 10.0 Å². The average Bonchev–Trinajstić information content (AvgIpc) is 3.60. The Labute approximate surface area is 267 Å². The second-order valence-electron chi connectivity index (χ2n) is 11.2. The quantitative estimate of drug-likeness (QED) is 0.187. The molecular weight excluding hydrogens is 642 g/mol. The van der Waals surface area contributed by atoms with E-state index in [4.69, 9.17) is 15.2 Å². The molecule has 4 aromatic rings. The maximum atomic E-state index is 15.4. The van der Waals surface area contributed by atoms with E-state index in [2.05, 4.69) is 5.10 Å². The molecule has 0 atom stereocenters. The fourth-order valence-electron chi connectivity index (χ4n) is 5.77. The third-order valence-electron chi connectivity index (χ3n) is 8.04. The molecule has 3 aromatic carbocycles. The molecule has 0 spiro atoms. The van der Waals surface area contributed by atoms with Crippen LogP contribution in [0.15, 0.2) is 60.3 Å². The van der Waals surface area contributed by atoms with Crippen molar-refractivity contribution in [2.45, 2.75) is 20.0 Å². The molecule has 47 heavy (non-hydrogen) atoms. The zero-order chi connectivity index (χ0) is 33.6. The van der Waals surface area contributed by atoms with Crippen molar-refractivity contribution in [2.75, 3.05) is 43.1 Å². The number of piperazine rings is 1. The number of alkyl halides is 2. The zero-order valence-corrected chi connectivity index (χ0v) is 26.0. The van der Waals surface area contributed by atoms with Gasteiger partial charge in [-0.25, -0.2) is 21.9 Å². The summed E-state index contributed by atoms with van der Waals surface area (Å²) in [5.74, 6) is -2.11. The highest BCUT2D eigenvalue weighted by Crippen LogP contribution is 2.39. The van der Waals surface area contributed by atoms with Crippen LogP contribution in [0, 0.1) is 18.6 Å².